The van der Waals surface area contributed by atoms with Gasteiger partial charge < -0.3 is 10.2 Å². The van der Waals surface area contributed by atoms with Crippen LogP contribution in [0.1, 0.15) is 22.8 Å². The Kier molecular flexibility index (Phi) is 6.72. The van der Waals surface area contributed by atoms with Crippen LogP contribution >= 0.6 is 22.6 Å². The molecule has 4 nitrogen and oxygen atoms in total. The first-order valence-corrected chi connectivity index (χ1v) is 8.64. The van der Waals surface area contributed by atoms with Crippen LogP contribution in [-0.4, -0.2) is 29.8 Å². The van der Waals surface area contributed by atoms with Crippen molar-refractivity contribution in [3.8, 4) is 0 Å². The quantitative estimate of drug-likeness (QED) is 0.702. The summed E-state index contributed by atoms with van der Waals surface area (Å²) in [5.41, 5.74) is 1.39. The lowest BCUT2D eigenvalue weighted by Crippen LogP contribution is -2.40. The lowest BCUT2D eigenvalue weighted by Gasteiger charge is -2.21. The third kappa shape index (κ3) is 5.02. The van der Waals surface area contributed by atoms with Gasteiger partial charge in [-0.15, -0.1) is 0 Å². The molecule has 2 aromatic carbocycles. The molecule has 0 spiro atoms. The van der Waals surface area contributed by atoms with Crippen molar-refractivity contribution in [3.05, 3.63) is 69.0 Å². The van der Waals surface area contributed by atoms with Gasteiger partial charge in [0, 0.05) is 16.7 Å². The molecule has 0 heterocycles. The van der Waals surface area contributed by atoms with Crippen LogP contribution in [0.15, 0.2) is 48.5 Å². The summed E-state index contributed by atoms with van der Waals surface area (Å²) in [5, 5.41) is 2.75. The van der Waals surface area contributed by atoms with E-state index in [4.69, 9.17) is 0 Å². The summed E-state index contributed by atoms with van der Waals surface area (Å²) in [6.07, 6.45) is 0. The zero-order chi connectivity index (χ0) is 17.5. The minimum Gasteiger partial charge on any atom is -0.350 e. The fourth-order valence-corrected chi connectivity index (χ4v) is 2.78. The van der Waals surface area contributed by atoms with Crippen LogP contribution in [-0.2, 0) is 11.3 Å². The van der Waals surface area contributed by atoms with Gasteiger partial charge in [0.2, 0.25) is 5.91 Å². The van der Waals surface area contributed by atoms with Gasteiger partial charge in [-0.1, -0.05) is 24.3 Å². The molecule has 0 aromatic heterocycles. The smallest absolute Gasteiger partial charge is 0.255 e. The third-order valence-corrected chi connectivity index (χ3v) is 4.45. The molecule has 0 unspecified atom stereocenters. The summed E-state index contributed by atoms with van der Waals surface area (Å²) >= 11 is 2.11. The molecule has 0 bridgehead atoms. The van der Waals surface area contributed by atoms with E-state index in [1.807, 2.05) is 19.1 Å². The fraction of sp³-hybridized carbons (Fsp3) is 0.222. The van der Waals surface area contributed by atoms with E-state index in [2.05, 4.69) is 27.9 Å². The van der Waals surface area contributed by atoms with E-state index in [-0.39, 0.29) is 24.2 Å². The zero-order valence-corrected chi connectivity index (χ0v) is 15.4. The van der Waals surface area contributed by atoms with Gasteiger partial charge >= 0.3 is 0 Å². The molecule has 0 radical (unpaired) electrons. The molecule has 2 amide bonds. The highest BCUT2D eigenvalue weighted by molar-refractivity contribution is 14.1. The van der Waals surface area contributed by atoms with Gasteiger partial charge in [-0.3, -0.25) is 9.59 Å². The first-order chi connectivity index (χ1) is 11.5. The van der Waals surface area contributed by atoms with Crippen molar-refractivity contribution in [1.29, 1.82) is 0 Å². The molecule has 0 saturated heterocycles. The van der Waals surface area contributed by atoms with E-state index >= 15 is 0 Å². The number of hydrogen-bond acceptors (Lipinski definition) is 2. The topological polar surface area (TPSA) is 49.4 Å². The van der Waals surface area contributed by atoms with Gasteiger partial charge in [0.15, 0.2) is 0 Å². The summed E-state index contributed by atoms with van der Waals surface area (Å²) < 4.78 is 13.7. The number of carbonyl (C=O) groups excluding carboxylic acids is 2. The van der Waals surface area contributed by atoms with Crippen molar-refractivity contribution in [2.24, 2.45) is 0 Å². The lowest BCUT2D eigenvalue weighted by molar-refractivity contribution is -0.121. The number of amides is 2. The highest BCUT2D eigenvalue weighted by Gasteiger charge is 2.18. The molecule has 2 rings (SSSR count). The fourth-order valence-electron chi connectivity index (χ4n) is 2.16. The Morgan fingerprint density at radius 2 is 1.79 bits per heavy atom. The Morgan fingerprint density at radius 1 is 1.12 bits per heavy atom. The molecule has 0 saturated carbocycles. The molecule has 0 atom stereocenters. The monoisotopic (exact) mass is 440 g/mol. The second kappa shape index (κ2) is 8.77. The molecule has 2 aromatic rings. The molecule has 0 fully saturated rings. The van der Waals surface area contributed by atoms with Gasteiger partial charge in [0.1, 0.15) is 5.82 Å². The predicted octanol–water partition coefficient (Wildman–Crippen LogP) is 3.21. The van der Waals surface area contributed by atoms with E-state index in [0.717, 1.165) is 9.13 Å². The summed E-state index contributed by atoms with van der Waals surface area (Å²) in [4.78, 5) is 26.1. The van der Waals surface area contributed by atoms with Gasteiger partial charge in [-0.05, 0) is 59.3 Å². The Bertz CT molecular complexity index is 719. The van der Waals surface area contributed by atoms with E-state index in [1.54, 1.807) is 24.3 Å². The molecule has 24 heavy (non-hydrogen) atoms. The van der Waals surface area contributed by atoms with Gasteiger partial charge in [0.05, 0.1) is 12.1 Å². The Labute approximate surface area is 154 Å². The summed E-state index contributed by atoms with van der Waals surface area (Å²) in [6.45, 7) is 2.56. The van der Waals surface area contributed by atoms with Crippen molar-refractivity contribution in [3.63, 3.8) is 0 Å². The Balaban J connectivity index is 1.94. The maximum Gasteiger partial charge on any atom is 0.255 e. The number of hydrogen-bond donors (Lipinski definition) is 1. The average Bonchev–Trinajstić information content (AvgIpc) is 2.59. The van der Waals surface area contributed by atoms with Gasteiger partial charge in [0.25, 0.3) is 5.91 Å². The highest BCUT2D eigenvalue weighted by atomic mass is 127. The van der Waals surface area contributed by atoms with Crippen LogP contribution in [0.5, 0.6) is 0 Å². The molecule has 0 aliphatic rings. The molecule has 6 heteroatoms. The summed E-state index contributed by atoms with van der Waals surface area (Å²) in [7, 11) is 0. The number of carbonyl (C=O) groups is 2. The number of nitrogens with zero attached hydrogens (tertiary/aromatic N) is 1. The van der Waals surface area contributed by atoms with Crippen LogP contribution in [0.25, 0.3) is 0 Å². The summed E-state index contributed by atoms with van der Waals surface area (Å²) in [5.74, 6) is -0.731. The number of halogens is 2. The zero-order valence-electron chi connectivity index (χ0n) is 13.3. The third-order valence-electron chi connectivity index (χ3n) is 3.51. The second-order valence-corrected chi connectivity index (χ2v) is 6.36. The van der Waals surface area contributed by atoms with Crippen molar-refractivity contribution in [2.45, 2.75) is 13.5 Å². The highest BCUT2D eigenvalue weighted by Crippen LogP contribution is 2.14. The van der Waals surface area contributed by atoms with Gasteiger partial charge in [-0.2, -0.15) is 0 Å². The molecular weight excluding hydrogens is 422 g/mol. The summed E-state index contributed by atoms with van der Waals surface area (Å²) in [6, 6.07) is 13.2. The molecule has 0 aliphatic heterocycles. The average molecular weight is 440 g/mol. The van der Waals surface area contributed by atoms with E-state index < -0.39 is 0 Å². The van der Waals surface area contributed by atoms with Crippen LogP contribution in [0.3, 0.4) is 0 Å². The van der Waals surface area contributed by atoms with Crippen LogP contribution in [0, 0.1) is 9.39 Å². The SMILES string of the molecule is CCN(CC(=O)NCc1ccc(F)cc1)C(=O)c1ccccc1I. The standard InChI is InChI=1S/C18H18FIN2O2/c1-2-22(18(24)15-5-3-4-6-16(15)20)12-17(23)21-11-13-7-9-14(19)10-8-13/h3-10H,2,11-12H2,1H3,(H,21,23). The second-order valence-electron chi connectivity index (χ2n) is 5.20. The molecular formula is C18H18FIN2O2. The van der Waals surface area contributed by atoms with Crippen molar-refractivity contribution in [2.75, 3.05) is 13.1 Å². The van der Waals surface area contributed by atoms with Crippen molar-refractivity contribution < 1.29 is 14.0 Å². The predicted molar refractivity (Wildman–Crippen MR) is 99.0 cm³/mol. The van der Waals surface area contributed by atoms with Crippen molar-refractivity contribution in [1.82, 2.24) is 10.2 Å². The minimum absolute atomic E-state index is 0.0124. The maximum absolute atomic E-state index is 12.9. The van der Waals surface area contributed by atoms with Gasteiger partial charge in [-0.25, -0.2) is 4.39 Å². The number of nitrogens with one attached hydrogen (secondary N) is 1. The van der Waals surface area contributed by atoms with Crippen LogP contribution in [0.2, 0.25) is 0 Å². The minimum atomic E-state index is -0.315. The molecule has 126 valence electrons. The molecule has 1 N–H and O–H groups in total. The first kappa shape index (κ1) is 18.4. The van der Waals surface area contributed by atoms with Crippen LogP contribution < -0.4 is 5.32 Å². The number of rotatable bonds is 6. The molecule has 0 aliphatic carbocycles. The normalized spacial score (nSPS) is 10.3. The maximum atomic E-state index is 12.9. The van der Waals surface area contributed by atoms with E-state index in [9.17, 15) is 14.0 Å². The van der Waals surface area contributed by atoms with E-state index in [1.165, 1.54) is 17.0 Å². The largest absolute Gasteiger partial charge is 0.350 e. The lowest BCUT2D eigenvalue weighted by atomic mass is 10.2. The van der Waals surface area contributed by atoms with Crippen molar-refractivity contribution >= 4 is 34.4 Å². The van der Waals surface area contributed by atoms with E-state index in [0.29, 0.717) is 18.7 Å². The number of likely N-dealkylation sites (N-methyl/N-ethyl adjacent to an activating group) is 1. The Hall–Kier alpha value is -1.96. The Morgan fingerprint density at radius 3 is 2.42 bits per heavy atom. The van der Waals surface area contributed by atoms with Crippen LogP contribution in [0.4, 0.5) is 4.39 Å². The number of benzene rings is 2. The first-order valence-electron chi connectivity index (χ1n) is 7.56.